The van der Waals surface area contributed by atoms with E-state index in [0.717, 1.165) is 5.69 Å². The molecule has 21 heavy (non-hydrogen) atoms. The number of aliphatic hydroxyl groups is 1. The van der Waals surface area contributed by atoms with Gasteiger partial charge >= 0.3 is 0 Å². The Hall–Kier alpha value is -2.59. The fourth-order valence-corrected chi connectivity index (χ4v) is 2.05. The highest BCUT2D eigenvalue weighted by Crippen LogP contribution is 2.15. The van der Waals surface area contributed by atoms with E-state index in [2.05, 4.69) is 5.10 Å². The van der Waals surface area contributed by atoms with Gasteiger partial charge in [-0.15, -0.1) is 0 Å². The van der Waals surface area contributed by atoms with Gasteiger partial charge in [-0.1, -0.05) is 34.5 Å². The summed E-state index contributed by atoms with van der Waals surface area (Å²) in [5.41, 5.74) is 1.68. The zero-order valence-corrected chi connectivity index (χ0v) is 11.9. The van der Waals surface area contributed by atoms with Gasteiger partial charge in [0.1, 0.15) is 11.9 Å². The lowest BCUT2D eigenvalue weighted by Crippen LogP contribution is -2.27. The molecule has 1 heterocycles. The summed E-state index contributed by atoms with van der Waals surface area (Å²) >= 11 is 5.83. The van der Waals surface area contributed by atoms with Crippen molar-refractivity contribution in [3.05, 3.63) is 77.8 Å². The minimum atomic E-state index is 0.120. The number of hydrogen-bond donors (Lipinski definition) is 1. The lowest BCUT2D eigenvalue weighted by atomic mass is 10.2. The molecule has 104 valence electrons. The third-order valence-corrected chi connectivity index (χ3v) is 3.25. The highest BCUT2D eigenvalue weighted by molar-refractivity contribution is 6.30. The van der Waals surface area contributed by atoms with Crippen LogP contribution in [0, 0.1) is 0 Å². The van der Waals surface area contributed by atoms with Crippen molar-refractivity contribution >= 4 is 23.6 Å². The van der Waals surface area contributed by atoms with Gasteiger partial charge in [0.2, 0.25) is 6.33 Å². The van der Waals surface area contributed by atoms with Crippen LogP contribution in [-0.2, 0) is 0 Å². The van der Waals surface area contributed by atoms with Crippen molar-refractivity contribution in [1.29, 1.82) is 0 Å². The summed E-state index contributed by atoms with van der Waals surface area (Å²) in [6.07, 6.45) is 5.01. The average Bonchev–Trinajstić information content (AvgIpc) is 2.97. The van der Waals surface area contributed by atoms with Crippen molar-refractivity contribution in [2.75, 3.05) is 0 Å². The molecule has 0 unspecified atom stereocenters. The van der Waals surface area contributed by atoms with Crippen LogP contribution in [0.5, 0.6) is 0 Å². The highest BCUT2D eigenvalue weighted by atomic mass is 35.5. The first-order valence-electron chi connectivity index (χ1n) is 6.40. The van der Waals surface area contributed by atoms with E-state index in [9.17, 15) is 5.11 Å². The fraction of sp³-hybridized carbons (Fsp3) is 0. The van der Waals surface area contributed by atoms with Crippen LogP contribution in [0.25, 0.3) is 17.6 Å². The van der Waals surface area contributed by atoms with Crippen LogP contribution in [-0.4, -0.2) is 14.9 Å². The predicted octanol–water partition coefficient (Wildman–Crippen LogP) is 3.33. The zero-order valence-electron chi connectivity index (χ0n) is 11.1. The van der Waals surface area contributed by atoms with Crippen LogP contribution in [0.3, 0.4) is 0 Å². The third-order valence-electron chi connectivity index (χ3n) is 3.00. The Balaban J connectivity index is 1.86. The average molecular weight is 299 g/mol. The summed E-state index contributed by atoms with van der Waals surface area (Å²) < 4.78 is 3.42. The van der Waals surface area contributed by atoms with E-state index in [1.165, 1.54) is 0 Å². The van der Waals surface area contributed by atoms with E-state index in [0.29, 0.717) is 10.6 Å². The monoisotopic (exact) mass is 298 g/mol. The van der Waals surface area contributed by atoms with Crippen molar-refractivity contribution < 1.29 is 9.67 Å². The van der Waals surface area contributed by atoms with Crippen molar-refractivity contribution in [1.82, 2.24) is 9.78 Å². The predicted molar refractivity (Wildman–Crippen MR) is 82.0 cm³/mol. The lowest BCUT2D eigenvalue weighted by molar-refractivity contribution is -0.596. The van der Waals surface area contributed by atoms with Gasteiger partial charge < -0.3 is 5.11 Å². The number of nitrogens with zero attached hydrogens (tertiary/aromatic N) is 3. The minimum Gasteiger partial charge on any atom is -0.504 e. The first-order valence-corrected chi connectivity index (χ1v) is 6.78. The van der Waals surface area contributed by atoms with Gasteiger partial charge in [-0.25, -0.2) is 4.57 Å². The van der Waals surface area contributed by atoms with Crippen molar-refractivity contribution in [2.45, 2.75) is 0 Å². The maximum absolute atomic E-state index is 10.1. The van der Waals surface area contributed by atoms with E-state index >= 15 is 0 Å². The number of aliphatic hydroxyl groups excluding tert-OH is 1. The Morgan fingerprint density at radius 2 is 1.81 bits per heavy atom. The smallest absolute Gasteiger partial charge is 0.270 e. The normalized spacial score (nSPS) is 11.6. The molecule has 0 aliphatic rings. The van der Waals surface area contributed by atoms with Crippen molar-refractivity contribution in [3.63, 3.8) is 0 Å². The van der Waals surface area contributed by atoms with Gasteiger partial charge in [0, 0.05) is 15.7 Å². The zero-order chi connectivity index (χ0) is 14.7. The SMILES string of the molecule is O/C(=C\n1c[n+](-c2ccccc2)cn1)c1ccc(Cl)cc1. The molecule has 0 bridgehead atoms. The van der Waals surface area contributed by atoms with Gasteiger partial charge in [0.25, 0.3) is 6.33 Å². The molecule has 0 amide bonds. The first kappa shape index (κ1) is 13.4. The van der Waals surface area contributed by atoms with Gasteiger partial charge in [0.05, 0.1) is 0 Å². The van der Waals surface area contributed by atoms with E-state index in [1.54, 1.807) is 47.8 Å². The molecule has 0 atom stereocenters. The Bertz CT molecular complexity index is 764. The quantitative estimate of drug-likeness (QED) is 0.595. The maximum atomic E-state index is 10.1. The summed E-state index contributed by atoms with van der Waals surface area (Å²) in [6, 6.07) is 16.8. The molecular formula is C16H13ClN3O+. The van der Waals surface area contributed by atoms with Crippen molar-refractivity contribution in [2.24, 2.45) is 0 Å². The number of aromatic nitrogens is 3. The van der Waals surface area contributed by atoms with Gasteiger partial charge in [0.15, 0.2) is 5.76 Å². The molecule has 0 radical (unpaired) electrons. The van der Waals surface area contributed by atoms with E-state index in [1.807, 2.05) is 34.9 Å². The van der Waals surface area contributed by atoms with Crippen molar-refractivity contribution in [3.8, 4) is 5.69 Å². The van der Waals surface area contributed by atoms with Crippen LogP contribution in [0.4, 0.5) is 0 Å². The van der Waals surface area contributed by atoms with E-state index in [-0.39, 0.29) is 5.76 Å². The Labute approximate surface area is 127 Å². The molecule has 0 fully saturated rings. The standard InChI is InChI=1S/C16H12ClN3O/c17-14-8-6-13(7-9-14)16(21)10-20-12-19(11-18-20)15-4-2-1-3-5-15/h1-12H/p+1/b16-10-. The fourth-order valence-electron chi connectivity index (χ4n) is 1.92. The summed E-state index contributed by atoms with van der Waals surface area (Å²) in [7, 11) is 0. The molecule has 2 aromatic carbocycles. The second kappa shape index (κ2) is 5.81. The number of hydrogen-bond acceptors (Lipinski definition) is 2. The number of halogens is 1. The van der Waals surface area contributed by atoms with E-state index in [4.69, 9.17) is 11.6 Å². The summed E-state index contributed by atoms with van der Waals surface area (Å²) in [4.78, 5) is 0. The second-order valence-electron chi connectivity index (χ2n) is 4.49. The lowest BCUT2D eigenvalue weighted by Gasteiger charge is -1.98. The molecule has 0 aliphatic heterocycles. The van der Waals surface area contributed by atoms with Crippen LogP contribution in [0.2, 0.25) is 5.02 Å². The molecule has 0 aliphatic carbocycles. The molecule has 3 aromatic rings. The molecule has 1 aromatic heterocycles. The maximum Gasteiger partial charge on any atom is 0.270 e. The second-order valence-corrected chi connectivity index (χ2v) is 4.93. The highest BCUT2D eigenvalue weighted by Gasteiger charge is 2.08. The van der Waals surface area contributed by atoms with Gasteiger partial charge in [-0.05, 0) is 36.4 Å². The van der Waals surface area contributed by atoms with E-state index < -0.39 is 0 Å². The number of rotatable bonds is 3. The Morgan fingerprint density at radius 1 is 1.10 bits per heavy atom. The number of benzene rings is 2. The minimum absolute atomic E-state index is 0.120. The summed E-state index contributed by atoms with van der Waals surface area (Å²) in [5.74, 6) is 0.120. The van der Waals surface area contributed by atoms with Gasteiger partial charge in [-0.3, -0.25) is 0 Å². The summed E-state index contributed by atoms with van der Waals surface area (Å²) in [5, 5.41) is 14.9. The molecule has 1 N–H and O–H groups in total. The molecule has 4 nitrogen and oxygen atoms in total. The Morgan fingerprint density at radius 3 is 2.52 bits per heavy atom. The molecule has 5 heteroatoms. The summed E-state index contributed by atoms with van der Waals surface area (Å²) in [6.45, 7) is 0. The largest absolute Gasteiger partial charge is 0.504 e. The van der Waals surface area contributed by atoms with Gasteiger partial charge in [-0.2, -0.15) is 0 Å². The molecule has 0 saturated heterocycles. The van der Waals surface area contributed by atoms with Crippen LogP contribution in [0.15, 0.2) is 67.3 Å². The topological polar surface area (TPSA) is 41.9 Å². The molecule has 0 spiro atoms. The molecule has 3 rings (SSSR count). The first-order chi connectivity index (χ1) is 10.2. The van der Waals surface area contributed by atoms with Crippen LogP contribution >= 0.6 is 11.6 Å². The van der Waals surface area contributed by atoms with Crippen LogP contribution < -0.4 is 4.57 Å². The van der Waals surface area contributed by atoms with Crippen LogP contribution in [0.1, 0.15) is 5.56 Å². The molecule has 0 saturated carbocycles. The number of para-hydroxylation sites is 1. The third kappa shape index (κ3) is 3.12. The Kier molecular flexibility index (Phi) is 3.71. The molecular weight excluding hydrogens is 286 g/mol.